The molecule has 0 unspecified atom stereocenters. The molecule has 0 radical (unpaired) electrons. The van der Waals surface area contributed by atoms with Gasteiger partial charge in [0.05, 0.1) is 12.8 Å². The minimum atomic E-state index is 0.360. The molecule has 72 valence electrons. The van der Waals surface area contributed by atoms with E-state index < -0.39 is 0 Å². The Morgan fingerprint density at radius 3 is 2.93 bits per heavy atom. The molecule has 0 aliphatic heterocycles. The fourth-order valence-electron chi connectivity index (χ4n) is 1.02. The monoisotopic (exact) mass is 209 g/mol. The number of halogens is 1. The number of rotatable bonds is 3. The Bertz CT molecular complexity index is 402. The molecule has 0 spiro atoms. The number of hydrogen-bond acceptors (Lipinski definition) is 4. The summed E-state index contributed by atoms with van der Waals surface area (Å²) in [6.07, 6.45) is 4.74. The molecule has 5 heteroatoms. The van der Waals surface area contributed by atoms with Crippen LogP contribution in [0, 0.1) is 0 Å². The van der Waals surface area contributed by atoms with Crippen LogP contribution in [-0.2, 0) is 6.54 Å². The van der Waals surface area contributed by atoms with Gasteiger partial charge < -0.3 is 9.73 Å². The van der Waals surface area contributed by atoms with E-state index in [1.54, 1.807) is 18.7 Å². The maximum atomic E-state index is 5.80. The summed E-state index contributed by atoms with van der Waals surface area (Å²) in [4.78, 5) is 7.92. The topological polar surface area (TPSA) is 51.0 Å². The van der Waals surface area contributed by atoms with E-state index in [0.717, 1.165) is 5.76 Å². The fraction of sp³-hybridized carbons (Fsp3) is 0.111. The van der Waals surface area contributed by atoms with Gasteiger partial charge in [-0.05, 0) is 12.1 Å². The van der Waals surface area contributed by atoms with E-state index in [2.05, 4.69) is 15.3 Å². The lowest BCUT2D eigenvalue weighted by atomic mass is 10.4. The Balaban J connectivity index is 2.02. The number of nitrogens with one attached hydrogen (secondary N) is 1. The largest absolute Gasteiger partial charge is 0.467 e. The zero-order chi connectivity index (χ0) is 9.80. The lowest BCUT2D eigenvalue weighted by Gasteiger charge is -2.03. The summed E-state index contributed by atoms with van der Waals surface area (Å²) >= 11 is 5.80. The molecule has 4 nitrogen and oxygen atoms in total. The van der Waals surface area contributed by atoms with E-state index in [9.17, 15) is 0 Å². The fourth-order valence-corrected chi connectivity index (χ4v) is 1.20. The highest BCUT2D eigenvalue weighted by atomic mass is 35.5. The summed E-state index contributed by atoms with van der Waals surface area (Å²) in [5.41, 5.74) is 0. The standard InChI is InChI=1S/C9H8ClN3O/c10-8-9(12-4-3-11-8)13-6-7-2-1-5-14-7/h1-5H,6H2,(H,12,13). The van der Waals surface area contributed by atoms with Gasteiger partial charge in [-0.15, -0.1) is 0 Å². The Morgan fingerprint density at radius 2 is 2.21 bits per heavy atom. The average Bonchev–Trinajstić information content (AvgIpc) is 2.69. The quantitative estimate of drug-likeness (QED) is 0.843. The van der Waals surface area contributed by atoms with Crippen molar-refractivity contribution in [3.8, 4) is 0 Å². The molecule has 0 fully saturated rings. The lowest BCUT2D eigenvalue weighted by molar-refractivity contribution is 0.518. The van der Waals surface area contributed by atoms with Crippen molar-refractivity contribution < 1.29 is 4.42 Å². The summed E-state index contributed by atoms with van der Waals surface area (Å²) in [7, 11) is 0. The number of hydrogen-bond donors (Lipinski definition) is 1. The third-order valence-corrected chi connectivity index (χ3v) is 1.94. The smallest absolute Gasteiger partial charge is 0.171 e. The first-order chi connectivity index (χ1) is 6.86. The summed E-state index contributed by atoms with van der Waals surface area (Å²) < 4.78 is 5.14. The maximum absolute atomic E-state index is 5.80. The number of furan rings is 1. The van der Waals surface area contributed by atoms with Crippen LogP contribution < -0.4 is 5.32 Å². The van der Waals surface area contributed by atoms with E-state index in [-0.39, 0.29) is 0 Å². The van der Waals surface area contributed by atoms with Crippen molar-refractivity contribution in [2.75, 3.05) is 5.32 Å². The molecule has 0 aliphatic carbocycles. The van der Waals surface area contributed by atoms with E-state index in [1.165, 1.54) is 0 Å². The molecule has 0 amide bonds. The molecule has 2 aromatic heterocycles. The molecule has 0 aliphatic rings. The summed E-state index contributed by atoms with van der Waals surface area (Å²) in [6, 6.07) is 3.70. The van der Waals surface area contributed by atoms with Crippen molar-refractivity contribution in [3.63, 3.8) is 0 Å². The molecular weight excluding hydrogens is 202 g/mol. The number of nitrogens with zero attached hydrogens (tertiary/aromatic N) is 2. The Kier molecular flexibility index (Phi) is 2.65. The minimum absolute atomic E-state index is 0.360. The normalized spacial score (nSPS) is 10.1. The predicted molar refractivity (Wildman–Crippen MR) is 53.1 cm³/mol. The molecule has 14 heavy (non-hydrogen) atoms. The molecule has 0 saturated heterocycles. The van der Waals surface area contributed by atoms with Gasteiger partial charge in [0.2, 0.25) is 0 Å². The van der Waals surface area contributed by atoms with Gasteiger partial charge in [0.25, 0.3) is 0 Å². The van der Waals surface area contributed by atoms with Crippen molar-refractivity contribution in [1.82, 2.24) is 9.97 Å². The van der Waals surface area contributed by atoms with Gasteiger partial charge in [-0.2, -0.15) is 0 Å². The van der Waals surface area contributed by atoms with Gasteiger partial charge in [0, 0.05) is 12.4 Å². The van der Waals surface area contributed by atoms with Crippen LogP contribution in [-0.4, -0.2) is 9.97 Å². The maximum Gasteiger partial charge on any atom is 0.171 e. The Labute approximate surface area is 85.9 Å². The number of anilines is 1. The molecule has 2 heterocycles. The van der Waals surface area contributed by atoms with Gasteiger partial charge >= 0.3 is 0 Å². The van der Waals surface area contributed by atoms with Crippen molar-refractivity contribution in [1.29, 1.82) is 0 Å². The van der Waals surface area contributed by atoms with Gasteiger partial charge in [0.15, 0.2) is 11.0 Å². The van der Waals surface area contributed by atoms with Crippen molar-refractivity contribution in [2.24, 2.45) is 0 Å². The second-order valence-electron chi connectivity index (χ2n) is 2.63. The molecule has 0 aromatic carbocycles. The first kappa shape index (κ1) is 9.02. The van der Waals surface area contributed by atoms with Crippen LogP contribution in [0.3, 0.4) is 0 Å². The lowest BCUT2D eigenvalue weighted by Crippen LogP contribution is -2.01. The zero-order valence-electron chi connectivity index (χ0n) is 7.27. The summed E-state index contributed by atoms with van der Waals surface area (Å²) in [5, 5.41) is 3.38. The van der Waals surface area contributed by atoms with Crippen LogP contribution in [0.2, 0.25) is 5.15 Å². The second kappa shape index (κ2) is 4.11. The van der Waals surface area contributed by atoms with Gasteiger partial charge in [-0.3, -0.25) is 0 Å². The van der Waals surface area contributed by atoms with Crippen LogP contribution in [0.1, 0.15) is 5.76 Å². The van der Waals surface area contributed by atoms with Crippen LogP contribution in [0.4, 0.5) is 5.82 Å². The highest BCUT2D eigenvalue weighted by Gasteiger charge is 2.01. The molecule has 1 N–H and O–H groups in total. The number of aromatic nitrogens is 2. The van der Waals surface area contributed by atoms with Crippen molar-refractivity contribution in [3.05, 3.63) is 41.7 Å². The molecule has 0 bridgehead atoms. The molecule has 2 rings (SSSR count). The van der Waals surface area contributed by atoms with Crippen LogP contribution in [0.25, 0.3) is 0 Å². The molecule has 0 saturated carbocycles. The summed E-state index contributed by atoms with van der Waals surface area (Å²) in [6.45, 7) is 0.547. The Hall–Kier alpha value is -1.55. The third-order valence-electron chi connectivity index (χ3n) is 1.66. The average molecular weight is 210 g/mol. The molecular formula is C9H8ClN3O. The van der Waals surface area contributed by atoms with Crippen LogP contribution >= 0.6 is 11.6 Å². The van der Waals surface area contributed by atoms with Crippen molar-refractivity contribution in [2.45, 2.75) is 6.54 Å². The third kappa shape index (κ3) is 2.03. The first-order valence-corrected chi connectivity index (χ1v) is 4.47. The van der Waals surface area contributed by atoms with Gasteiger partial charge in [-0.25, -0.2) is 9.97 Å². The van der Waals surface area contributed by atoms with E-state index in [4.69, 9.17) is 16.0 Å². The van der Waals surface area contributed by atoms with Crippen LogP contribution in [0.15, 0.2) is 35.2 Å². The van der Waals surface area contributed by atoms with Crippen LogP contribution in [0.5, 0.6) is 0 Å². The highest BCUT2D eigenvalue weighted by Crippen LogP contribution is 2.15. The van der Waals surface area contributed by atoms with E-state index in [1.807, 2.05) is 12.1 Å². The van der Waals surface area contributed by atoms with Gasteiger partial charge in [-0.1, -0.05) is 11.6 Å². The minimum Gasteiger partial charge on any atom is -0.467 e. The summed E-state index contributed by atoms with van der Waals surface area (Å²) in [5.74, 6) is 1.39. The highest BCUT2D eigenvalue weighted by molar-refractivity contribution is 6.31. The van der Waals surface area contributed by atoms with E-state index in [0.29, 0.717) is 17.5 Å². The Morgan fingerprint density at radius 1 is 1.36 bits per heavy atom. The van der Waals surface area contributed by atoms with E-state index >= 15 is 0 Å². The second-order valence-corrected chi connectivity index (χ2v) is 2.99. The van der Waals surface area contributed by atoms with Crippen molar-refractivity contribution >= 4 is 17.4 Å². The molecule has 0 atom stereocenters. The first-order valence-electron chi connectivity index (χ1n) is 4.09. The predicted octanol–water partition coefficient (Wildman–Crippen LogP) is 2.34. The molecule has 2 aromatic rings. The SMILES string of the molecule is Clc1nccnc1NCc1ccco1. The van der Waals surface area contributed by atoms with Gasteiger partial charge in [0.1, 0.15) is 5.76 Å². The zero-order valence-corrected chi connectivity index (χ0v) is 8.03.